The number of H-pyrrole nitrogens is 1. The second-order valence-corrected chi connectivity index (χ2v) is 7.26. The first-order valence-corrected chi connectivity index (χ1v) is 9.58. The largest absolute Gasteiger partial charge is 0.497 e. The number of piperidine rings is 1. The molecule has 140 valence electrons. The number of nitrogens with one attached hydrogen (secondary N) is 1. The van der Waals surface area contributed by atoms with Crippen LogP contribution in [-0.4, -0.2) is 41.0 Å². The van der Waals surface area contributed by atoms with Crippen LogP contribution in [0.1, 0.15) is 35.2 Å². The van der Waals surface area contributed by atoms with Gasteiger partial charge >= 0.3 is 0 Å². The molecule has 0 saturated carbocycles. The second-order valence-electron chi connectivity index (χ2n) is 7.26. The third-order valence-electron chi connectivity index (χ3n) is 5.57. The third-order valence-corrected chi connectivity index (χ3v) is 5.57. The van der Waals surface area contributed by atoms with Crippen LogP contribution in [0.2, 0.25) is 0 Å². The van der Waals surface area contributed by atoms with Gasteiger partial charge in [0.2, 0.25) is 0 Å². The maximum Gasteiger partial charge on any atom is 0.253 e. The highest BCUT2D eigenvalue weighted by Crippen LogP contribution is 2.24. The van der Waals surface area contributed by atoms with Crippen LogP contribution in [0.4, 0.5) is 0 Å². The number of ether oxygens (including phenoxy) is 1. The Balaban J connectivity index is 1.29. The lowest BCUT2D eigenvalue weighted by Gasteiger charge is -2.32. The van der Waals surface area contributed by atoms with Gasteiger partial charge in [0, 0.05) is 18.7 Å². The van der Waals surface area contributed by atoms with E-state index in [1.165, 1.54) is 12.0 Å². The smallest absolute Gasteiger partial charge is 0.253 e. The van der Waals surface area contributed by atoms with Crippen LogP contribution < -0.4 is 4.74 Å². The molecule has 1 saturated heterocycles. The standard InChI is InChI=1S/C22H25N3O2/c1-27-19-7-4-16(5-8-19)2-3-17-10-12-25(13-11-17)22(26)18-6-9-20-21(14-18)24-15-23-20/h4-9,14-15,17H,2-3,10-13H2,1H3,(H,23,24). The first-order valence-electron chi connectivity index (χ1n) is 9.58. The fourth-order valence-electron chi connectivity index (χ4n) is 3.84. The Morgan fingerprint density at radius 3 is 2.70 bits per heavy atom. The van der Waals surface area contributed by atoms with Gasteiger partial charge in [-0.05, 0) is 67.5 Å². The zero-order valence-electron chi connectivity index (χ0n) is 15.6. The van der Waals surface area contributed by atoms with E-state index in [0.717, 1.165) is 54.7 Å². The van der Waals surface area contributed by atoms with Crippen LogP contribution >= 0.6 is 0 Å². The average Bonchev–Trinajstić information content (AvgIpc) is 3.20. The summed E-state index contributed by atoms with van der Waals surface area (Å²) in [5.74, 6) is 1.71. The number of carbonyl (C=O) groups excluding carboxylic acids is 1. The molecule has 0 bridgehead atoms. The Morgan fingerprint density at radius 1 is 1.19 bits per heavy atom. The molecule has 0 aliphatic carbocycles. The maximum atomic E-state index is 12.8. The molecule has 0 spiro atoms. The highest BCUT2D eigenvalue weighted by Gasteiger charge is 2.23. The number of carbonyl (C=O) groups is 1. The van der Waals surface area contributed by atoms with Crippen molar-refractivity contribution in [2.75, 3.05) is 20.2 Å². The number of aryl methyl sites for hydroxylation is 1. The van der Waals surface area contributed by atoms with Crippen molar-refractivity contribution in [2.24, 2.45) is 5.92 Å². The summed E-state index contributed by atoms with van der Waals surface area (Å²) >= 11 is 0. The highest BCUT2D eigenvalue weighted by atomic mass is 16.5. The molecular formula is C22H25N3O2. The SMILES string of the molecule is COc1ccc(CCC2CCN(C(=O)c3ccc4nc[nH]c4c3)CC2)cc1. The van der Waals surface area contributed by atoms with Crippen molar-refractivity contribution in [3.05, 3.63) is 59.9 Å². The number of rotatable bonds is 5. The van der Waals surface area contributed by atoms with E-state index in [4.69, 9.17) is 4.74 Å². The molecule has 1 fully saturated rings. The summed E-state index contributed by atoms with van der Waals surface area (Å²) in [5, 5.41) is 0. The molecule has 27 heavy (non-hydrogen) atoms. The van der Waals surface area contributed by atoms with Crippen molar-refractivity contribution in [2.45, 2.75) is 25.7 Å². The molecule has 1 aliphatic heterocycles. The highest BCUT2D eigenvalue weighted by molar-refractivity contribution is 5.97. The Morgan fingerprint density at radius 2 is 1.96 bits per heavy atom. The fourth-order valence-corrected chi connectivity index (χ4v) is 3.84. The molecule has 2 aromatic carbocycles. The van der Waals surface area contributed by atoms with E-state index in [2.05, 4.69) is 22.1 Å². The molecule has 1 aliphatic rings. The van der Waals surface area contributed by atoms with E-state index in [1.54, 1.807) is 13.4 Å². The summed E-state index contributed by atoms with van der Waals surface area (Å²) in [5.41, 5.74) is 3.89. The number of hydrogen-bond donors (Lipinski definition) is 1. The Bertz CT molecular complexity index is 909. The van der Waals surface area contributed by atoms with Gasteiger partial charge in [-0.2, -0.15) is 0 Å². The predicted octanol–water partition coefficient (Wildman–Crippen LogP) is 4.06. The number of aromatic nitrogens is 2. The van der Waals surface area contributed by atoms with Crippen molar-refractivity contribution < 1.29 is 9.53 Å². The lowest BCUT2D eigenvalue weighted by Crippen LogP contribution is -2.38. The number of likely N-dealkylation sites (tertiary alicyclic amines) is 1. The molecule has 1 aromatic heterocycles. The van der Waals surface area contributed by atoms with Gasteiger partial charge in [-0.25, -0.2) is 4.98 Å². The lowest BCUT2D eigenvalue weighted by molar-refractivity contribution is 0.0687. The van der Waals surface area contributed by atoms with Crippen LogP contribution in [0.15, 0.2) is 48.8 Å². The zero-order valence-corrected chi connectivity index (χ0v) is 15.6. The van der Waals surface area contributed by atoms with E-state index >= 15 is 0 Å². The second kappa shape index (κ2) is 7.82. The topological polar surface area (TPSA) is 58.2 Å². The van der Waals surface area contributed by atoms with E-state index in [9.17, 15) is 4.79 Å². The van der Waals surface area contributed by atoms with Crippen molar-refractivity contribution in [3.63, 3.8) is 0 Å². The summed E-state index contributed by atoms with van der Waals surface area (Å²) in [4.78, 5) is 22.1. The van der Waals surface area contributed by atoms with Crippen LogP contribution in [0.3, 0.4) is 0 Å². The summed E-state index contributed by atoms with van der Waals surface area (Å²) in [6, 6.07) is 14.0. The number of hydrogen-bond acceptors (Lipinski definition) is 3. The molecular weight excluding hydrogens is 338 g/mol. The van der Waals surface area contributed by atoms with Gasteiger partial charge < -0.3 is 14.6 Å². The minimum atomic E-state index is 0.125. The molecule has 1 amide bonds. The summed E-state index contributed by atoms with van der Waals surface area (Å²) in [6.45, 7) is 1.68. The molecule has 0 unspecified atom stereocenters. The summed E-state index contributed by atoms with van der Waals surface area (Å²) in [6.07, 6.45) is 6.07. The number of aromatic amines is 1. The molecule has 5 heteroatoms. The Kier molecular flexibility index (Phi) is 5.10. The van der Waals surface area contributed by atoms with Gasteiger partial charge in [-0.1, -0.05) is 12.1 Å². The number of fused-ring (bicyclic) bond motifs is 1. The van der Waals surface area contributed by atoms with E-state index in [-0.39, 0.29) is 5.91 Å². The quantitative estimate of drug-likeness (QED) is 0.744. The molecule has 0 radical (unpaired) electrons. The number of imidazole rings is 1. The fraction of sp³-hybridized carbons (Fsp3) is 0.364. The van der Waals surface area contributed by atoms with Crippen molar-refractivity contribution in [1.29, 1.82) is 0 Å². The molecule has 3 aromatic rings. The summed E-state index contributed by atoms with van der Waals surface area (Å²) in [7, 11) is 1.69. The number of methoxy groups -OCH3 is 1. The molecule has 1 N–H and O–H groups in total. The number of benzene rings is 2. The van der Waals surface area contributed by atoms with Gasteiger partial charge in [0.15, 0.2) is 0 Å². The molecule has 2 heterocycles. The Hall–Kier alpha value is -2.82. The van der Waals surface area contributed by atoms with Gasteiger partial charge in [0.05, 0.1) is 24.5 Å². The van der Waals surface area contributed by atoms with Crippen molar-refractivity contribution in [3.8, 4) is 5.75 Å². The van der Waals surface area contributed by atoms with Gasteiger partial charge in [0.25, 0.3) is 5.91 Å². The average molecular weight is 363 g/mol. The van der Waals surface area contributed by atoms with Crippen LogP contribution in [-0.2, 0) is 6.42 Å². The maximum absolute atomic E-state index is 12.8. The zero-order chi connectivity index (χ0) is 18.6. The van der Waals surface area contributed by atoms with Crippen LogP contribution in [0, 0.1) is 5.92 Å². The predicted molar refractivity (Wildman–Crippen MR) is 106 cm³/mol. The van der Waals surface area contributed by atoms with Crippen molar-refractivity contribution in [1.82, 2.24) is 14.9 Å². The lowest BCUT2D eigenvalue weighted by atomic mass is 9.90. The normalized spacial score (nSPS) is 15.2. The molecule has 4 rings (SSSR count). The van der Waals surface area contributed by atoms with Gasteiger partial charge in [-0.3, -0.25) is 4.79 Å². The van der Waals surface area contributed by atoms with E-state index in [0.29, 0.717) is 5.92 Å². The summed E-state index contributed by atoms with van der Waals surface area (Å²) < 4.78 is 5.21. The first-order chi connectivity index (χ1) is 13.2. The van der Waals surface area contributed by atoms with Gasteiger partial charge in [0.1, 0.15) is 5.75 Å². The monoisotopic (exact) mass is 363 g/mol. The van der Waals surface area contributed by atoms with E-state index < -0.39 is 0 Å². The number of amides is 1. The first kappa shape index (κ1) is 17.6. The van der Waals surface area contributed by atoms with Crippen LogP contribution in [0.5, 0.6) is 5.75 Å². The van der Waals surface area contributed by atoms with Crippen molar-refractivity contribution >= 4 is 16.9 Å². The van der Waals surface area contributed by atoms with E-state index in [1.807, 2.05) is 35.2 Å². The third kappa shape index (κ3) is 3.97. The van der Waals surface area contributed by atoms with Crippen LogP contribution in [0.25, 0.3) is 11.0 Å². The Labute approximate surface area is 159 Å². The molecule has 5 nitrogen and oxygen atoms in total. The minimum Gasteiger partial charge on any atom is -0.497 e. The van der Waals surface area contributed by atoms with Gasteiger partial charge in [-0.15, -0.1) is 0 Å². The number of nitrogens with zero attached hydrogens (tertiary/aromatic N) is 2. The molecule has 0 atom stereocenters. The minimum absolute atomic E-state index is 0.125.